The minimum absolute atomic E-state index is 0.0842. The number of ether oxygens (including phenoxy) is 3. The fourth-order valence-electron chi connectivity index (χ4n) is 2.93. The van der Waals surface area contributed by atoms with Gasteiger partial charge in [-0.1, -0.05) is 30.3 Å². The van der Waals surface area contributed by atoms with E-state index in [-0.39, 0.29) is 30.6 Å². The van der Waals surface area contributed by atoms with Crippen molar-refractivity contribution in [3.8, 4) is 0 Å². The van der Waals surface area contributed by atoms with Gasteiger partial charge in [0.05, 0.1) is 13.0 Å². The first-order valence-electron chi connectivity index (χ1n) is 8.90. The standard InChI is InChI=1S/C20H31NO4/c1-14(15-10-8-7-9-11-15)21-16(12-18(22)25-19(2,3)4)17-13-23-20(5,6)24-17/h7-11,14,16-17,21H,12-13H2,1-6H3/t14-,16-,17-/m1/s1. The van der Waals surface area contributed by atoms with Gasteiger partial charge >= 0.3 is 5.97 Å². The molecule has 1 aromatic rings. The van der Waals surface area contributed by atoms with E-state index in [1.807, 2.05) is 52.8 Å². The van der Waals surface area contributed by atoms with Gasteiger partial charge in [-0.3, -0.25) is 4.79 Å². The number of carbonyl (C=O) groups is 1. The second-order valence-electron chi connectivity index (χ2n) is 8.06. The normalized spacial score (nSPS) is 22.4. The third kappa shape index (κ3) is 6.42. The SMILES string of the molecule is C[C@@H](N[C@H](CC(=O)OC(C)(C)C)[C@H]1COC(C)(C)O1)c1ccccc1. The lowest BCUT2D eigenvalue weighted by Gasteiger charge is -2.29. The molecule has 0 saturated carbocycles. The van der Waals surface area contributed by atoms with Crippen molar-refractivity contribution < 1.29 is 19.0 Å². The van der Waals surface area contributed by atoms with E-state index in [1.165, 1.54) is 0 Å². The van der Waals surface area contributed by atoms with Crippen molar-refractivity contribution in [2.75, 3.05) is 6.61 Å². The van der Waals surface area contributed by atoms with Crippen molar-refractivity contribution >= 4 is 5.97 Å². The van der Waals surface area contributed by atoms with Crippen LogP contribution in [-0.4, -0.2) is 36.1 Å². The van der Waals surface area contributed by atoms with E-state index >= 15 is 0 Å². The molecule has 1 aliphatic heterocycles. The Kier molecular flexibility index (Phi) is 6.25. The van der Waals surface area contributed by atoms with Crippen LogP contribution >= 0.6 is 0 Å². The fourth-order valence-corrected chi connectivity index (χ4v) is 2.93. The third-order valence-electron chi connectivity index (χ3n) is 4.05. The van der Waals surface area contributed by atoms with Gasteiger partial charge in [0.1, 0.15) is 11.7 Å². The first-order valence-corrected chi connectivity index (χ1v) is 8.90. The molecule has 1 aromatic carbocycles. The molecule has 0 aromatic heterocycles. The molecule has 1 saturated heterocycles. The largest absolute Gasteiger partial charge is 0.460 e. The predicted molar refractivity (Wildman–Crippen MR) is 97.1 cm³/mol. The van der Waals surface area contributed by atoms with E-state index in [0.29, 0.717) is 6.61 Å². The Morgan fingerprint density at radius 1 is 1.32 bits per heavy atom. The second kappa shape index (κ2) is 7.85. The second-order valence-corrected chi connectivity index (χ2v) is 8.06. The molecule has 3 atom stereocenters. The monoisotopic (exact) mass is 349 g/mol. The van der Waals surface area contributed by atoms with Crippen molar-refractivity contribution in [2.24, 2.45) is 0 Å². The summed E-state index contributed by atoms with van der Waals surface area (Å²) in [5, 5.41) is 3.52. The van der Waals surface area contributed by atoms with Gasteiger partial charge in [-0.2, -0.15) is 0 Å². The summed E-state index contributed by atoms with van der Waals surface area (Å²) in [4.78, 5) is 12.3. The smallest absolute Gasteiger partial charge is 0.307 e. The van der Waals surface area contributed by atoms with Crippen molar-refractivity contribution in [1.29, 1.82) is 0 Å². The highest BCUT2D eigenvalue weighted by Gasteiger charge is 2.39. The number of hydrogen-bond donors (Lipinski definition) is 1. The summed E-state index contributed by atoms with van der Waals surface area (Å²) in [7, 11) is 0. The molecule has 0 spiro atoms. The van der Waals surface area contributed by atoms with Crippen LogP contribution in [0.3, 0.4) is 0 Å². The van der Waals surface area contributed by atoms with Gasteiger partial charge in [-0.05, 0) is 47.1 Å². The minimum atomic E-state index is -0.630. The Bertz CT molecular complexity index is 565. The number of carbonyl (C=O) groups excluding carboxylic acids is 1. The third-order valence-corrected chi connectivity index (χ3v) is 4.05. The summed E-state index contributed by atoms with van der Waals surface area (Å²) in [6.07, 6.45) is 0.0344. The molecule has 0 bridgehead atoms. The number of benzene rings is 1. The molecular formula is C20H31NO4. The van der Waals surface area contributed by atoms with Crippen LogP contribution in [0.2, 0.25) is 0 Å². The Morgan fingerprint density at radius 2 is 1.96 bits per heavy atom. The molecule has 0 unspecified atom stereocenters. The molecule has 1 fully saturated rings. The van der Waals surface area contributed by atoms with Crippen LogP contribution in [0.5, 0.6) is 0 Å². The number of hydrogen-bond acceptors (Lipinski definition) is 5. The van der Waals surface area contributed by atoms with Gasteiger partial charge in [0, 0.05) is 12.1 Å². The van der Waals surface area contributed by atoms with E-state index in [1.54, 1.807) is 0 Å². The van der Waals surface area contributed by atoms with Crippen molar-refractivity contribution in [1.82, 2.24) is 5.32 Å². The van der Waals surface area contributed by atoms with Crippen molar-refractivity contribution in [2.45, 2.75) is 77.5 Å². The summed E-state index contributed by atoms with van der Waals surface area (Å²) in [5.41, 5.74) is 0.661. The lowest BCUT2D eigenvalue weighted by atomic mass is 10.0. The molecule has 1 N–H and O–H groups in total. The lowest BCUT2D eigenvalue weighted by Crippen LogP contribution is -2.45. The highest BCUT2D eigenvalue weighted by atomic mass is 16.7. The number of nitrogens with one attached hydrogen (secondary N) is 1. The van der Waals surface area contributed by atoms with Crippen molar-refractivity contribution in [3.05, 3.63) is 35.9 Å². The maximum absolute atomic E-state index is 12.3. The summed E-state index contributed by atoms with van der Waals surface area (Å²) in [6.45, 7) is 11.9. The minimum Gasteiger partial charge on any atom is -0.460 e. The van der Waals surface area contributed by atoms with Gasteiger partial charge in [0.15, 0.2) is 5.79 Å². The van der Waals surface area contributed by atoms with Crippen LogP contribution in [0.15, 0.2) is 30.3 Å². The highest BCUT2D eigenvalue weighted by Crippen LogP contribution is 2.27. The Morgan fingerprint density at radius 3 is 2.48 bits per heavy atom. The van der Waals surface area contributed by atoms with E-state index in [4.69, 9.17) is 14.2 Å². The van der Waals surface area contributed by atoms with Crippen LogP contribution in [0.4, 0.5) is 0 Å². The quantitative estimate of drug-likeness (QED) is 0.796. The molecule has 2 rings (SSSR count). The van der Waals surface area contributed by atoms with Gasteiger partial charge < -0.3 is 19.5 Å². The Hall–Kier alpha value is -1.43. The van der Waals surface area contributed by atoms with Crippen LogP contribution in [0.1, 0.15) is 59.6 Å². The number of esters is 1. The van der Waals surface area contributed by atoms with Gasteiger partial charge in [-0.15, -0.1) is 0 Å². The highest BCUT2D eigenvalue weighted by molar-refractivity contribution is 5.70. The fraction of sp³-hybridized carbons (Fsp3) is 0.650. The zero-order valence-electron chi connectivity index (χ0n) is 16.2. The van der Waals surface area contributed by atoms with Gasteiger partial charge in [0.2, 0.25) is 0 Å². The topological polar surface area (TPSA) is 56.8 Å². The molecule has 5 nitrogen and oxygen atoms in total. The van der Waals surface area contributed by atoms with Crippen LogP contribution < -0.4 is 5.32 Å². The zero-order chi connectivity index (χ0) is 18.7. The van der Waals surface area contributed by atoms with Crippen molar-refractivity contribution in [3.63, 3.8) is 0 Å². The van der Waals surface area contributed by atoms with Crippen LogP contribution in [0, 0.1) is 0 Å². The van der Waals surface area contributed by atoms with Gasteiger partial charge in [0.25, 0.3) is 0 Å². The summed E-state index contributed by atoms with van der Waals surface area (Å²) < 4.78 is 17.2. The lowest BCUT2D eigenvalue weighted by molar-refractivity contribution is -0.159. The molecule has 0 radical (unpaired) electrons. The first kappa shape index (κ1) is 19.9. The van der Waals surface area contributed by atoms with E-state index in [0.717, 1.165) is 5.56 Å². The summed E-state index contributed by atoms with van der Waals surface area (Å²) in [6, 6.07) is 10.0. The maximum Gasteiger partial charge on any atom is 0.307 e. The molecule has 0 amide bonds. The Balaban J connectivity index is 2.08. The molecule has 25 heavy (non-hydrogen) atoms. The molecule has 140 valence electrons. The van der Waals surface area contributed by atoms with E-state index < -0.39 is 11.4 Å². The summed E-state index contributed by atoms with van der Waals surface area (Å²) in [5.74, 6) is -0.868. The average molecular weight is 349 g/mol. The molecular weight excluding hydrogens is 318 g/mol. The van der Waals surface area contributed by atoms with E-state index in [2.05, 4.69) is 24.4 Å². The summed E-state index contributed by atoms with van der Waals surface area (Å²) >= 11 is 0. The zero-order valence-corrected chi connectivity index (χ0v) is 16.2. The van der Waals surface area contributed by atoms with Gasteiger partial charge in [-0.25, -0.2) is 0 Å². The molecule has 1 aliphatic rings. The molecule has 0 aliphatic carbocycles. The Labute approximate surface area is 151 Å². The van der Waals surface area contributed by atoms with E-state index in [9.17, 15) is 4.79 Å². The predicted octanol–water partition coefficient (Wildman–Crippen LogP) is 3.59. The van der Waals surface area contributed by atoms with Crippen LogP contribution in [0.25, 0.3) is 0 Å². The average Bonchev–Trinajstić information content (AvgIpc) is 2.85. The first-order chi connectivity index (χ1) is 11.6. The molecule has 5 heteroatoms. The van der Waals surface area contributed by atoms with Crippen LogP contribution in [-0.2, 0) is 19.0 Å². The number of rotatable bonds is 6. The maximum atomic E-state index is 12.3. The molecule has 1 heterocycles.